The molecule has 3 aromatic rings. The summed E-state index contributed by atoms with van der Waals surface area (Å²) in [5.74, 6) is -0.802. The first-order chi connectivity index (χ1) is 14.4. The number of hydrogen-bond donors (Lipinski definition) is 1. The second-order valence-electron chi connectivity index (χ2n) is 7.32. The Balaban J connectivity index is 1.50. The summed E-state index contributed by atoms with van der Waals surface area (Å²) in [6.07, 6.45) is 0.0170. The number of pyridine rings is 1. The number of likely N-dealkylation sites (tertiary alicyclic amines) is 1. The Morgan fingerprint density at radius 1 is 1.20 bits per heavy atom. The second kappa shape index (κ2) is 6.91. The van der Waals surface area contributed by atoms with Crippen LogP contribution in [0.1, 0.15) is 23.2 Å². The Bertz CT molecular complexity index is 1220. The molecular formula is C20H18F2N4O4. The lowest BCUT2D eigenvalue weighted by molar-refractivity contribution is -0.286. The van der Waals surface area contributed by atoms with E-state index >= 15 is 0 Å². The molecule has 1 amide bonds. The van der Waals surface area contributed by atoms with E-state index in [1.54, 1.807) is 12.1 Å². The van der Waals surface area contributed by atoms with Crippen molar-refractivity contribution in [3.05, 3.63) is 46.4 Å². The molecule has 0 aliphatic carbocycles. The van der Waals surface area contributed by atoms with Crippen molar-refractivity contribution in [2.45, 2.75) is 19.1 Å². The monoisotopic (exact) mass is 416 g/mol. The molecule has 2 aromatic heterocycles. The minimum atomic E-state index is -3.80. The van der Waals surface area contributed by atoms with Crippen LogP contribution in [-0.4, -0.2) is 52.7 Å². The van der Waals surface area contributed by atoms with Gasteiger partial charge >= 0.3 is 6.29 Å². The van der Waals surface area contributed by atoms with Crippen LogP contribution in [-0.2, 0) is 0 Å². The van der Waals surface area contributed by atoms with Crippen LogP contribution in [0.4, 0.5) is 8.78 Å². The first-order valence-electron chi connectivity index (χ1n) is 9.67. The quantitative estimate of drug-likeness (QED) is 0.655. The van der Waals surface area contributed by atoms with E-state index in [0.717, 1.165) is 19.6 Å². The minimum Gasteiger partial charge on any atom is -0.395 e. The molecule has 0 bridgehead atoms. The summed E-state index contributed by atoms with van der Waals surface area (Å²) < 4.78 is 36.8. The molecule has 1 fully saturated rings. The number of amides is 1. The van der Waals surface area contributed by atoms with Gasteiger partial charge in [0, 0.05) is 25.4 Å². The summed E-state index contributed by atoms with van der Waals surface area (Å²) in [6, 6.07) is 5.53. The Labute approximate surface area is 169 Å². The highest BCUT2D eigenvalue weighted by Crippen LogP contribution is 2.42. The van der Waals surface area contributed by atoms with Gasteiger partial charge in [0.05, 0.1) is 16.5 Å². The molecule has 0 radical (unpaired) electrons. The topological polar surface area (TPSA) is 85.2 Å². The molecule has 0 spiro atoms. The van der Waals surface area contributed by atoms with E-state index < -0.39 is 11.9 Å². The van der Waals surface area contributed by atoms with Crippen LogP contribution >= 0.6 is 0 Å². The molecule has 2 aliphatic heterocycles. The highest BCUT2D eigenvalue weighted by Gasteiger charge is 2.43. The van der Waals surface area contributed by atoms with Crippen molar-refractivity contribution in [2.75, 3.05) is 26.2 Å². The molecule has 1 saturated heterocycles. The smallest absolute Gasteiger partial charge is 0.395 e. The predicted octanol–water partition coefficient (Wildman–Crippen LogP) is 1.99. The minimum absolute atomic E-state index is 0.0825. The van der Waals surface area contributed by atoms with Gasteiger partial charge in [0.15, 0.2) is 17.1 Å². The number of benzene rings is 1. The van der Waals surface area contributed by atoms with Crippen molar-refractivity contribution < 1.29 is 23.0 Å². The van der Waals surface area contributed by atoms with E-state index in [0.29, 0.717) is 6.54 Å². The van der Waals surface area contributed by atoms with Gasteiger partial charge in [-0.2, -0.15) is 0 Å². The second-order valence-corrected chi connectivity index (χ2v) is 7.32. The van der Waals surface area contributed by atoms with E-state index in [1.165, 1.54) is 35.6 Å². The van der Waals surface area contributed by atoms with Crippen molar-refractivity contribution in [3.63, 3.8) is 0 Å². The third-order valence-electron chi connectivity index (χ3n) is 5.32. The molecule has 1 N–H and O–H groups in total. The number of fused-ring (bicyclic) bond motifs is 3. The van der Waals surface area contributed by atoms with Crippen LogP contribution in [0.3, 0.4) is 0 Å². The fourth-order valence-corrected chi connectivity index (χ4v) is 3.88. The van der Waals surface area contributed by atoms with Gasteiger partial charge in [-0.25, -0.2) is 4.98 Å². The van der Waals surface area contributed by atoms with Gasteiger partial charge in [-0.15, -0.1) is 8.78 Å². The maximum absolute atomic E-state index is 13.4. The molecule has 0 atom stereocenters. The Morgan fingerprint density at radius 3 is 2.70 bits per heavy atom. The number of aromatic nitrogens is 2. The van der Waals surface area contributed by atoms with Gasteiger partial charge in [-0.1, -0.05) is 0 Å². The van der Waals surface area contributed by atoms with Crippen LogP contribution in [0.2, 0.25) is 0 Å². The van der Waals surface area contributed by atoms with Crippen molar-refractivity contribution in [1.29, 1.82) is 0 Å². The number of carbonyl (C=O) groups is 1. The fraction of sp³-hybridized carbons (Fsp3) is 0.350. The molecule has 8 nitrogen and oxygen atoms in total. The number of carbonyl (C=O) groups excluding carboxylic acids is 1. The van der Waals surface area contributed by atoms with E-state index in [2.05, 4.69) is 24.7 Å². The largest absolute Gasteiger partial charge is 0.586 e. The maximum atomic E-state index is 13.4. The van der Waals surface area contributed by atoms with Crippen LogP contribution in [0.5, 0.6) is 11.5 Å². The molecule has 10 heteroatoms. The lowest BCUT2D eigenvalue weighted by Crippen LogP contribution is -2.34. The van der Waals surface area contributed by atoms with Crippen LogP contribution in [0, 0.1) is 0 Å². The van der Waals surface area contributed by atoms with Crippen molar-refractivity contribution in [3.8, 4) is 11.5 Å². The standard InChI is InChI=1S/C20H18F2N4O4/c21-20(22)29-15-10-13-14(11-16(15)30-20)24-17-12(4-3-8-26(17)19(13)28)18(27)23-5-9-25-6-1-2-7-25/h3-4,8,10-11H,1-2,5-7,9H2,(H,23,27). The molecule has 4 heterocycles. The third kappa shape index (κ3) is 3.22. The number of ether oxygens (including phenoxy) is 2. The zero-order valence-electron chi connectivity index (χ0n) is 15.9. The number of rotatable bonds is 4. The molecule has 1 aromatic carbocycles. The number of alkyl halides is 2. The van der Waals surface area contributed by atoms with Gasteiger partial charge < -0.3 is 19.7 Å². The number of halogens is 2. The Hall–Kier alpha value is -3.27. The summed E-state index contributed by atoms with van der Waals surface area (Å²) in [4.78, 5) is 32.3. The van der Waals surface area contributed by atoms with Crippen molar-refractivity contribution in [1.82, 2.24) is 19.6 Å². The SMILES string of the molecule is O=C(NCCN1CCCC1)c1cccn2c(=O)c3cc4c(cc3nc12)OC(F)(F)O4. The normalized spacial score (nSPS) is 17.7. The Kier molecular flexibility index (Phi) is 4.31. The Morgan fingerprint density at radius 2 is 1.93 bits per heavy atom. The van der Waals surface area contributed by atoms with Crippen molar-refractivity contribution in [2.24, 2.45) is 0 Å². The fourth-order valence-electron chi connectivity index (χ4n) is 3.88. The predicted molar refractivity (Wildman–Crippen MR) is 103 cm³/mol. The van der Waals surface area contributed by atoms with E-state index in [1.807, 2.05) is 0 Å². The zero-order valence-corrected chi connectivity index (χ0v) is 15.9. The molecule has 30 heavy (non-hydrogen) atoms. The maximum Gasteiger partial charge on any atom is 0.586 e. The summed E-state index contributed by atoms with van der Waals surface area (Å²) in [5.41, 5.74) is 0.000849. The lowest BCUT2D eigenvalue weighted by Gasteiger charge is -2.15. The van der Waals surface area contributed by atoms with E-state index in [9.17, 15) is 18.4 Å². The summed E-state index contributed by atoms with van der Waals surface area (Å²) in [7, 11) is 0. The summed E-state index contributed by atoms with van der Waals surface area (Å²) >= 11 is 0. The van der Waals surface area contributed by atoms with Crippen LogP contribution < -0.4 is 20.3 Å². The highest BCUT2D eigenvalue weighted by molar-refractivity contribution is 6.00. The van der Waals surface area contributed by atoms with Crippen LogP contribution in [0.15, 0.2) is 35.3 Å². The van der Waals surface area contributed by atoms with Crippen molar-refractivity contribution >= 4 is 22.5 Å². The van der Waals surface area contributed by atoms with Crippen LogP contribution in [0.25, 0.3) is 16.6 Å². The molecule has 2 aliphatic rings. The first kappa shape index (κ1) is 18.7. The average molecular weight is 416 g/mol. The number of hydrogen-bond acceptors (Lipinski definition) is 6. The first-order valence-corrected chi connectivity index (χ1v) is 9.67. The van der Waals surface area contributed by atoms with Gasteiger partial charge in [0.2, 0.25) is 0 Å². The molecule has 0 unspecified atom stereocenters. The number of nitrogens with one attached hydrogen (secondary N) is 1. The highest BCUT2D eigenvalue weighted by atomic mass is 19.3. The third-order valence-corrected chi connectivity index (χ3v) is 5.32. The van der Waals surface area contributed by atoms with Gasteiger partial charge in [-0.3, -0.25) is 14.0 Å². The molecular weight excluding hydrogens is 398 g/mol. The average Bonchev–Trinajstić information content (AvgIpc) is 3.32. The summed E-state index contributed by atoms with van der Waals surface area (Å²) in [5, 5.41) is 2.94. The molecule has 5 rings (SSSR count). The molecule has 156 valence electrons. The van der Waals surface area contributed by atoms with Gasteiger partial charge in [-0.05, 0) is 44.1 Å². The summed E-state index contributed by atoms with van der Waals surface area (Å²) in [6.45, 7) is 3.29. The lowest BCUT2D eigenvalue weighted by atomic mass is 10.2. The van der Waals surface area contributed by atoms with Gasteiger partial charge in [0.25, 0.3) is 11.5 Å². The van der Waals surface area contributed by atoms with Gasteiger partial charge in [0.1, 0.15) is 0 Å². The zero-order chi connectivity index (χ0) is 20.9. The number of nitrogens with zero attached hydrogens (tertiary/aromatic N) is 3. The van der Waals surface area contributed by atoms with E-state index in [4.69, 9.17) is 0 Å². The van der Waals surface area contributed by atoms with E-state index in [-0.39, 0.29) is 39.5 Å². The molecule has 0 saturated carbocycles.